The molecule has 1 aliphatic rings. The maximum atomic E-state index is 6.31. The number of hydrogen-bond donors (Lipinski definition) is 1. The van der Waals surface area contributed by atoms with E-state index >= 15 is 0 Å². The van der Waals surface area contributed by atoms with Gasteiger partial charge in [0, 0.05) is 22.8 Å². The summed E-state index contributed by atoms with van der Waals surface area (Å²) in [5.74, 6) is 0.578. The van der Waals surface area contributed by atoms with Gasteiger partial charge in [0.15, 0.2) is 0 Å². The van der Waals surface area contributed by atoms with Crippen LogP contribution < -0.4 is 5.73 Å². The van der Waals surface area contributed by atoms with Crippen LogP contribution >= 0.6 is 22.6 Å². The van der Waals surface area contributed by atoms with Crippen molar-refractivity contribution in [3.63, 3.8) is 0 Å². The van der Waals surface area contributed by atoms with Gasteiger partial charge in [-0.15, -0.1) is 0 Å². The number of rotatable bonds is 2. The summed E-state index contributed by atoms with van der Waals surface area (Å²) in [5, 5.41) is 0. The van der Waals surface area contributed by atoms with Gasteiger partial charge in [0.1, 0.15) is 0 Å². The molecular formula is C12H16INO. The highest BCUT2D eigenvalue weighted by Crippen LogP contribution is 2.30. The molecule has 1 fully saturated rings. The van der Waals surface area contributed by atoms with Crippen LogP contribution in [-0.4, -0.2) is 13.2 Å². The minimum atomic E-state index is 0.169. The molecule has 0 bridgehead atoms. The summed E-state index contributed by atoms with van der Waals surface area (Å²) in [6, 6.07) is 8.55. The minimum absolute atomic E-state index is 0.169. The van der Waals surface area contributed by atoms with Crippen LogP contribution in [0.25, 0.3) is 0 Å². The lowest BCUT2D eigenvalue weighted by Gasteiger charge is -2.28. The van der Waals surface area contributed by atoms with Crippen molar-refractivity contribution in [2.75, 3.05) is 13.2 Å². The summed E-state index contributed by atoms with van der Waals surface area (Å²) in [6.45, 7) is 1.73. The van der Waals surface area contributed by atoms with Crippen molar-refractivity contribution in [1.29, 1.82) is 0 Å². The van der Waals surface area contributed by atoms with Crippen LogP contribution in [0, 0.1) is 9.49 Å². The lowest BCUT2D eigenvalue weighted by molar-refractivity contribution is 0.0583. The van der Waals surface area contributed by atoms with Crippen LogP contribution in [0.5, 0.6) is 0 Å². The smallest absolute Gasteiger partial charge is 0.0469 e. The van der Waals surface area contributed by atoms with Crippen LogP contribution in [0.4, 0.5) is 0 Å². The van der Waals surface area contributed by atoms with Gasteiger partial charge in [-0.05, 0) is 53.0 Å². The van der Waals surface area contributed by atoms with E-state index in [1.807, 2.05) is 0 Å². The van der Waals surface area contributed by atoms with E-state index in [0.29, 0.717) is 5.92 Å². The van der Waals surface area contributed by atoms with Crippen LogP contribution in [0.1, 0.15) is 24.4 Å². The van der Waals surface area contributed by atoms with Crippen LogP contribution in [-0.2, 0) is 4.74 Å². The van der Waals surface area contributed by atoms with Gasteiger partial charge in [-0.25, -0.2) is 0 Å². The second-order valence-corrected chi connectivity index (χ2v) is 5.16. The Labute approximate surface area is 104 Å². The second-order valence-electron chi connectivity index (χ2n) is 4.00. The molecule has 0 aromatic heterocycles. The quantitative estimate of drug-likeness (QED) is 0.851. The standard InChI is InChI=1S/C12H16INO/c13-11-4-2-1-3-10(11)12(14)9-5-7-15-8-6-9/h1-4,9,12H,5-8,14H2/t12-/m0/s1. The summed E-state index contributed by atoms with van der Waals surface area (Å²) < 4.78 is 6.63. The number of halogens is 1. The average molecular weight is 317 g/mol. The third-order valence-corrected chi connectivity index (χ3v) is 4.02. The van der Waals surface area contributed by atoms with Crippen molar-refractivity contribution in [3.8, 4) is 0 Å². The molecule has 2 nitrogen and oxygen atoms in total. The molecule has 0 saturated carbocycles. The van der Waals surface area contributed by atoms with E-state index in [1.165, 1.54) is 9.13 Å². The first-order valence-corrected chi connectivity index (χ1v) is 6.44. The minimum Gasteiger partial charge on any atom is -0.381 e. The fraction of sp³-hybridized carbons (Fsp3) is 0.500. The maximum absolute atomic E-state index is 6.31. The molecule has 2 rings (SSSR count). The van der Waals surface area contributed by atoms with Crippen molar-refractivity contribution in [1.82, 2.24) is 0 Å². The Morgan fingerprint density at radius 3 is 2.60 bits per heavy atom. The predicted octanol–water partition coefficient (Wildman–Crippen LogP) is 2.72. The largest absolute Gasteiger partial charge is 0.381 e. The van der Waals surface area contributed by atoms with Gasteiger partial charge >= 0.3 is 0 Å². The number of ether oxygens (including phenoxy) is 1. The zero-order valence-electron chi connectivity index (χ0n) is 8.66. The predicted molar refractivity (Wildman–Crippen MR) is 69.6 cm³/mol. The monoisotopic (exact) mass is 317 g/mol. The molecule has 2 N–H and O–H groups in total. The molecule has 0 aliphatic carbocycles. The molecule has 1 saturated heterocycles. The normalized spacial score (nSPS) is 20.1. The summed E-state index contributed by atoms with van der Waals surface area (Å²) >= 11 is 2.36. The zero-order chi connectivity index (χ0) is 10.7. The zero-order valence-corrected chi connectivity index (χ0v) is 10.8. The highest BCUT2D eigenvalue weighted by atomic mass is 127. The second kappa shape index (κ2) is 5.27. The van der Waals surface area contributed by atoms with Gasteiger partial charge in [0.25, 0.3) is 0 Å². The van der Waals surface area contributed by atoms with E-state index in [-0.39, 0.29) is 6.04 Å². The van der Waals surface area contributed by atoms with Crippen LogP contribution in [0.2, 0.25) is 0 Å². The Hall–Kier alpha value is -0.130. The molecule has 0 spiro atoms. The Morgan fingerprint density at radius 1 is 1.27 bits per heavy atom. The number of hydrogen-bond acceptors (Lipinski definition) is 2. The fourth-order valence-electron chi connectivity index (χ4n) is 2.07. The van der Waals surface area contributed by atoms with E-state index in [2.05, 4.69) is 46.9 Å². The molecule has 15 heavy (non-hydrogen) atoms. The third-order valence-electron chi connectivity index (χ3n) is 3.04. The van der Waals surface area contributed by atoms with Gasteiger partial charge in [-0.3, -0.25) is 0 Å². The van der Waals surface area contributed by atoms with Crippen LogP contribution in [0.3, 0.4) is 0 Å². The number of benzene rings is 1. The molecule has 1 heterocycles. The Bertz CT molecular complexity index is 323. The first kappa shape index (κ1) is 11.4. The summed E-state index contributed by atoms with van der Waals surface area (Å²) in [4.78, 5) is 0. The van der Waals surface area contributed by atoms with Crippen molar-refractivity contribution in [3.05, 3.63) is 33.4 Å². The van der Waals surface area contributed by atoms with Gasteiger partial charge in [-0.1, -0.05) is 18.2 Å². The van der Waals surface area contributed by atoms with E-state index in [1.54, 1.807) is 0 Å². The van der Waals surface area contributed by atoms with E-state index in [4.69, 9.17) is 10.5 Å². The summed E-state index contributed by atoms with van der Waals surface area (Å²) in [7, 11) is 0. The first-order valence-electron chi connectivity index (χ1n) is 5.37. The van der Waals surface area contributed by atoms with E-state index < -0.39 is 0 Å². The highest BCUT2D eigenvalue weighted by molar-refractivity contribution is 14.1. The molecule has 3 heteroatoms. The molecule has 0 radical (unpaired) electrons. The Morgan fingerprint density at radius 2 is 1.93 bits per heavy atom. The molecule has 82 valence electrons. The lowest BCUT2D eigenvalue weighted by Crippen LogP contribution is -2.27. The average Bonchev–Trinajstić information content (AvgIpc) is 2.30. The van der Waals surface area contributed by atoms with Crippen molar-refractivity contribution >= 4 is 22.6 Å². The van der Waals surface area contributed by atoms with E-state index in [9.17, 15) is 0 Å². The summed E-state index contributed by atoms with van der Waals surface area (Å²) in [6.07, 6.45) is 2.18. The number of nitrogens with two attached hydrogens (primary N) is 1. The van der Waals surface area contributed by atoms with Crippen LogP contribution in [0.15, 0.2) is 24.3 Å². The van der Waals surface area contributed by atoms with Gasteiger partial charge in [0.2, 0.25) is 0 Å². The van der Waals surface area contributed by atoms with Crippen molar-refractivity contribution in [2.45, 2.75) is 18.9 Å². The third kappa shape index (κ3) is 2.71. The Balaban J connectivity index is 2.12. The highest BCUT2D eigenvalue weighted by Gasteiger charge is 2.23. The molecular weight excluding hydrogens is 301 g/mol. The fourth-order valence-corrected chi connectivity index (χ4v) is 2.82. The van der Waals surface area contributed by atoms with Gasteiger partial charge in [0.05, 0.1) is 0 Å². The topological polar surface area (TPSA) is 35.2 Å². The molecule has 1 aromatic carbocycles. The van der Waals surface area contributed by atoms with Gasteiger partial charge < -0.3 is 10.5 Å². The van der Waals surface area contributed by atoms with Crippen molar-refractivity contribution < 1.29 is 4.74 Å². The molecule has 1 aromatic rings. The first-order chi connectivity index (χ1) is 7.29. The molecule has 1 atom stereocenters. The Kier molecular flexibility index (Phi) is 3.99. The van der Waals surface area contributed by atoms with Crippen molar-refractivity contribution in [2.24, 2.45) is 11.7 Å². The molecule has 0 amide bonds. The summed E-state index contributed by atoms with van der Waals surface area (Å²) in [5.41, 5.74) is 7.59. The SMILES string of the molecule is N[C@H](c1ccccc1I)C1CCOCC1. The molecule has 0 unspecified atom stereocenters. The van der Waals surface area contributed by atoms with E-state index in [0.717, 1.165) is 26.1 Å². The lowest BCUT2D eigenvalue weighted by atomic mass is 9.88. The maximum Gasteiger partial charge on any atom is 0.0469 e. The van der Waals surface area contributed by atoms with Gasteiger partial charge in [-0.2, -0.15) is 0 Å². The molecule has 1 aliphatic heterocycles.